The molecule has 1 saturated carbocycles. The van der Waals surface area contributed by atoms with Gasteiger partial charge in [-0.25, -0.2) is 4.79 Å². The van der Waals surface area contributed by atoms with Gasteiger partial charge in [0, 0.05) is 11.8 Å². The summed E-state index contributed by atoms with van der Waals surface area (Å²) in [6, 6.07) is 0. The van der Waals surface area contributed by atoms with Crippen molar-refractivity contribution in [1.29, 1.82) is 0 Å². The number of carbonyl (C=O) groups is 1. The Morgan fingerprint density at radius 3 is 2.38 bits per heavy atom. The van der Waals surface area contributed by atoms with E-state index in [4.69, 9.17) is 14.2 Å². The quantitative estimate of drug-likeness (QED) is 0.550. The van der Waals surface area contributed by atoms with Crippen LogP contribution in [0, 0.1) is 29.6 Å². The van der Waals surface area contributed by atoms with Gasteiger partial charge in [0.15, 0.2) is 0 Å². The summed E-state index contributed by atoms with van der Waals surface area (Å²) in [5, 5.41) is 0. The second kappa shape index (κ2) is 4.25. The van der Waals surface area contributed by atoms with E-state index in [2.05, 4.69) is 19.1 Å². The minimum atomic E-state index is -0.564. The molecule has 4 bridgehead atoms. The molecule has 2 aliphatic carbocycles. The molecule has 3 fully saturated rings. The Bertz CT molecular complexity index is 492. The molecule has 2 heterocycles. The van der Waals surface area contributed by atoms with Crippen LogP contribution in [0.5, 0.6) is 0 Å². The Kier molecular flexibility index (Phi) is 2.76. The van der Waals surface area contributed by atoms with Crippen LogP contribution in [0.4, 0.5) is 4.79 Å². The van der Waals surface area contributed by atoms with Gasteiger partial charge in [-0.05, 0) is 44.9 Å². The minimum Gasteiger partial charge on any atom is -0.429 e. The predicted octanol–water partition coefficient (Wildman–Crippen LogP) is 3.16. The molecular formula is C17H24O4. The molecule has 0 aromatic heterocycles. The first kappa shape index (κ1) is 13.6. The number of hydrogen-bond acceptors (Lipinski definition) is 4. The van der Waals surface area contributed by atoms with Crippen LogP contribution in [0.1, 0.15) is 34.1 Å². The standard InChI is InChI=1S/C17H24O4/c1-8-13-11-9-5-6-10(7-9)12(11)15(19-13)14(8)20-16(18)21-17(2,3)4/h5-6,8-15H,7H2,1-4H3. The van der Waals surface area contributed by atoms with Crippen LogP contribution in [0.2, 0.25) is 0 Å². The number of hydrogen-bond donors (Lipinski definition) is 0. The second-order valence-electron chi connectivity index (χ2n) is 8.07. The zero-order chi connectivity index (χ0) is 14.9. The Morgan fingerprint density at radius 1 is 1.14 bits per heavy atom. The van der Waals surface area contributed by atoms with E-state index in [1.165, 1.54) is 6.42 Å². The van der Waals surface area contributed by atoms with E-state index in [0.29, 0.717) is 23.7 Å². The van der Waals surface area contributed by atoms with E-state index in [9.17, 15) is 4.79 Å². The summed E-state index contributed by atoms with van der Waals surface area (Å²) < 4.78 is 17.1. The molecule has 0 N–H and O–H groups in total. The molecule has 2 saturated heterocycles. The molecule has 0 spiro atoms. The van der Waals surface area contributed by atoms with Gasteiger partial charge < -0.3 is 14.2 Å². The highest BCUT2D eigenvalue weighted by atomic mass is 16.7. The van der Waals surface area contributed by atoms with Gasteiger partial charge in [-0.1, -0.05) is 19.1 Å². The summed E-state index contributed by atoms with van der Waals surface area (Å²) in [6.07, 6.45) is 5.55. The Labute approximate surface area is 125 Å². The normalized spacial score (nSPS) is 49.5. The van der Waals surface area contributed by atoms with E-state index in [1.54, 1.807) is 0 Å². The van der Waals surface area contributed by atoms with E-state index < -0.39 is 11.8 Å². The van der Waals surface area contributed by atoms with Crippen LogP contribution in [0.15, 0.2) is 12.2 Å². The molecule has 0 aromatic carbocycles. The van der Waals surface area contributed by atoms with Crippen LogP contribution in [-0.4, -0.2) is 30.1 Å². The maximum atomic E-state index is 12.0. The maximum Gasteiger partial charge on any atom is 0.509 e. The highest BCUT2D eigenvalue weighted by molar-refractivity contribution is 5.61. The molecule has 8 unspecified atom stereocenters. The van der Waals surface area contributed by atoms with Crippen LogP contribution < -0.4 is 0 Å². The van der Waals surface area contributed by atoms with Crippen molar-refractivity contribution in [2.75, 3.05) is 0 Å². The van der Waals surface area contributed by atoms with Gasteiger partial charge in [-0.2, -0.15) is 0 Å². The summed E-state index contributed by atoms with van der Waals surface area (Å²) >= 11 is 0. The van der Waals surface area contributed by atoms with Crippen molar-refractivity contribution in [3.8, 4) is 0 Å². The summed E-state index contributed by atoms with van der Waals surface area (Å²) in [5.74, 6) is 2.73. The zero-order valence-corrected chi connectivity index (χ0v) is 13.1. The van der Waals surface area contributed by atoms with Crippen molar-refractivity contribution in [2.45, 2.75) is 58.0 Å². The third-order valence-corrected chi connectivity index (χ3v) is 5.64. The smallest absolute Gasteiger partial charge is 0.429 e. The fraction of sp³-hybridized carbons (Fsp3) is 0.824. The van der Waals surface area contributed by atoms with E-state index in [-0.39, 0.29) is 24.2 Å². The highest BCUT2D eigenvalue weighted by Gasteiger charge is 2.66. The average molecular weight is 292 g/mol. The van der Waals surface area contributed by atoms with Gasteiger partial charge >= 0.3 is 6.16 Å². The highest BCUT2D eigenvalue weighted by Crippen LogP contribution is 2.61. The van der Waals surface area contributed by atoms with Gasteiger partial charge in [-0.3, -0.25) is 0 Å². The number of ether oxygens (including phenoxy) is 3. The lowest BCUT2D eigenvalue weighted by Gasteiger charge is -2.36. The van der Waals surface area contributed by atoms with Crippen molar-refractivity contribution in [3.05, 3.63) is 12.2 Å². The molecule has 0 amide bonds. The number of allylic oxidation sites excluding steroid dienone is 2. The molecule has 0 radical (unpaired) electrons. The second-order valence-corrected chi connectivity index (χ2v) is 8.07. The van der Waals surface area contributed by atoms with Crippen LogP contribution in [0.3, 0.4) is 0 Å². The fourth-order valence-electron chi connectivity index (χ4n) is 5.00. The van der Waals surface area contributed by atoms with Crippen molar-refractivity contribution < 1.29 is 19.0 Å². The van der Waals surface area contributed by atoms with Gasteiger partial charge in [0.1, 0.15) is 11.7 Å². The zero-order valence-electron chi connectivity index (χ0n) is 13.1. The monoisotopic (exact) mass is 292 g/mol. The summed E-state index contributed by atoms with van der Waals surface area (Å²) in [7, 11) is 0. The molecule has 4 aliphatic rings. The van der Waals surface area contributed by atoms with E-state index >= 15 is 0 Å². The number of fused-ring (bicyclic) bond motifs is 9. The largest absolute Gasteiger partial charge is 0.509 e. The summed E-state index contributed by atoms with van der Waals surface area (Å²) in [4.78, 5) is 12.0. The van der Waals surface area contributed by atoms with Gasteiger partial charge in [0.05, 0.1) is 12.2 Å². The number of rotatable bonds is 1. The van der Waals surface area contributed by atoms with Crippen LogP contribution in [-0.2, 0) is 14.2 Å². The molecule has 4 heteroatoms. The summed E-state index contributed by atoms with van der Waals surface area (Å²) in [6.45, 7) is 7.70. The third-order valence-electron chi connectivity index (χ3n) is 5.64. The molecule has 4 rings (SSSR count). The Balaban J connectivity index is 1.49. The first-order chi connectivity index (χ1) is 9.85. The van der Waals surface area contributed by atoms with E-state index in [1.807, 2.05) is 20.8 Å². The van der Waals surface area contributed by atoms with E-state index in [0.717, 1.165) is 0 Å². The minimum absolute atomic E-state index is 0.0578. The first-order valence-electron chi connectivity index (χ1n) is 8.08. The summed E-state index contributed by atoms with van der Waals surface area (Å²) in [5.41, 5.74) is -0.517. The molecule has 0 aromatic rings. The fourth-order valence-corrected chi connectivity index (χ4v) is 5.00. The first-order valence-corrected chi connectivity index (χ1v) is 8.08. The van der Waals surface area contributed by atoms with Gasteiger partial charge in [0.25, 0.3) is 0 Å². The lowest BCUT2D eigenvalue weighted by Crippen LogP contribution is -2.46. The lowest BCUT2D eigenvalue weighted by atomic mass is 9.69. The molecular weight excluding hydrogens is 268 g/mol. The molecule has 8 atom stereocenters. The van der Waals surface area contributed by atoms with Crippen molar-refractivity contribution >= 4 is 6.16 Å². The SMILES string of the molecule is CC1C(OC(=O)OC(C)(C)C)C2OC1C1C3C=CC(C3)C21. The van der Waals surface area contributed by atoms with Crippen molar-refractivity contribution in [2.24, 2.45) is 29.6 Å². The molecule has 2 aliphatic heterocycles. The average Bonchev–Trinajstić information content (AvgIpc) is 3.06. The van der Waals surface area contributed by atoms with Crippen molar-refractivity contribution in [3.63, 3.8) is 0 Å². The molecule has 4 nitrogen and oxygen atoms in total. The van der Waals surface area contributed by atoms with Crippen LogP contribution >= 0.6 is 0 Å². The molecule has 116 valence electrons. The Morgan fingerprint density at radius 2 is 1.76 bits per heavy atom. The Hall–Kier alpha value is -1.03. The molecule has 21 heavy (non-hydrogen) atoms. The van der Waals surface area contributed by atoms with Gasteiger partial charge in [0.2, 0.25) is 0 Å². The number of carbonyl (C=O) groups excluding carboxylic acids is 1. The third kappa shape index (κ3) is 1.95. The van der Waals surface area contributed by atoms with Gasteiger partial charge in [-0.15, -0.1) is 0 Å². The van der Waals surface area contributed by atoms with Crippen LogP contribution in [0.25, 0.3) is 0 Å². The predicted molar refractivity (Wildman–Crippen MR) is 76.6 cm³/mol. The van der Waals surface area contributed by atoms with Crippen molar-refractivity contribution in [1.82, 2.24) is 0 Å². The lowest BCUT2D eigenvalue weighted by molar-refractivity contribution is -0.0585. The topological polar surface area (TPSA) is 44.8 Å². The maximum absolute atomic E-state index is 12.0.